The van der Waals surface area contributed by atoms with Gasteiger partial charge in [-0.2, -0.15) is 0 Å². The Balaban J connectivity index is 1.98. The number of hydrogen-bond acceptors (Lipinski definition) is 3. The first-order valence-corrected chi connectivity index (χ1v) is 7.17. The van der Waals surface area contributed by atoms with E-state index in [1.165, 1.54) is 10.5 Å². The highest BCUT2D eigenvalue weighted by Gasteiger charge is 2.40. The molecule has 2 rings (SSSR count). The summed E-state index contributed by atoms with van der Waals surface area (Å²) in [7, 11) is 0. The number of amides is 2. The van der Waals surface area contributed by atoms with E-state index in [1.807, 2.05) is 39.0 Å². The van der Waals surface area contributed by atoms with Crippen LogP contribution >= 0.6 is 0 Å². The minimum absolute atomic E-state index is 0.0132. The van der Waals surface area contributed by atoms with Gasteiger partial charge < -0.3 is 5.32 Å². The lowest BCUT2D eigenvalue weighted by Gasteiger charge is -2.21. The van der Waals surface area contributed by atoms with Gasteiger partial charge in [-0.3, -0.25) is 14.5 Å². The number of carbonyl (C=O) groups is 2. The second-order valence-corrected chi connectivity index (χ2v) is 5.49. The summed E-state index contributed by atoms with van der Waals surface area (Å²) in [4.78, 5) is 25.6. The van der Waals surface area contributed by atoms with Crippen LogP contribution in [0.25, 0.3) is 0 Å². The Morgan fingerprint density at radius 3 is 2.80 bits per heavy atom. The Labute approximate surface area is 120 Å². The Hall–Kier alpha value is -1.68. The molecule has 1 aromatic rings. The maximum atomic E-state index is 12.2. The molecule has 0 spiro atoms. The molecule has 0 radical (unpaired) electrons. The summed E-state index contributed by atoms with van der Waals surface area (Å²) in [5.41, 5.74) is 2.33. The number of aryl methyl sites for hydroxylation is 1. The molecule has 0 bridgehead atoms. The topological polar surface area (TPSA) is 49.4 Å². The second kappa shape index (κ2) is 6.18. The summed E-state index contributed by atoms with van der Waals surface area (Å²) in [5.74, 6) is -0.150. The van der Waals surface area contributed by atoms with Crippen molar-refractivity contribution in [2.45, 2.75) is 52.2 Å². The molecule has 1 aliphatic heterocycles. The maximum absolute atomic E-state index is 12.2. The highest BCUT2D eigenvalue weighted by molar-refractivity contribution is 6.05. The summed E-state index contributed by atoms with van der Waals surface area (Å²) in [6, 6.07) is 7.75. The van der Waals surface area contributed by atoms with E-state index in [0.29, 0.717) is 6.54 Å². The van der Waals surface area contributed by atoms with Crippen molar-refractivity contribution in [2.24, 2.45) is 0 Å². The molecule has 0 aromatic heterocycles. The van der Waals surface area contributed by atoms with Crippen molar-refractivity contribution in [2.75, 3.05) is 0 Å². The third kappa shape index (κ3) is 3.07. The van der Waals surface area contributed by atoms with Crippen molar-refractivity contribution >= 4 is 11.8 Å². The quantitative estimate of drug-likeness (QED) is 0.836. The molecular formula is C16H22N2O2. The molecule has 1 fully saturated rings. The Bertz CT molecular complexity index is 513. The predicted molar refractivity (Wildman–Crippen MR) is 78.0 cm³/mol. The van der Waals surface area contributed by atoms with Crippen LogP contribution in [-0.2, 0) is 16.1 Å². The van der Waals surface area contributed by atoms with E-state index in [1.54, 1.807) is 0 Å². The Morgan fingerprint density at radius 2 is 2.15 bits per heavy atom. The first-order valence-electron chi connectivity index (χ1n) is 7.17. The van der Waals surface area contributed by atoms with E-state index in [2.05, 4.69) is 11.4 Å². The van der Waals surface area contributed by atoms with Gasteiger partial charge in [0.15, 0.2) is 0 Å². The molecule has 1 heterocycles. The van der Waals surface area contributed by atoms with Crippen LogP contribution in [-0.4, -0.2) is 28.8 Å². The second-order valence-electron chi connectivity index (χ2n) is 5.49. The molecule has 4 nitrogen and oxygen atoms in total. The molecular weight excluding hydrogens is 252 g/mol. The molecule has 1 N–H and O–H groups in total. The molecule has 1 aromatic carbocycles. The number of nitrogens with one attached hydrogen (secondary N) is 1. The van der Waals surface area contributed by atoms with Gasteiger partial charge in [0.05, 0.1) is 12.5 Å². The minimum atomic E-state index is -0.378. The largest absolute Gasteiger partial charge is 0.301 e. The number of imide groups is 1. The molecule has 0 saturated carbocycles. The average molecular weight is 274 g/mol. The molecule has 20 heavy (non-hydrogen) atoms. The van der Waals surface area contributed by atoms with E-state index in [4.69, 9.17) is 0 Å². The minimum Gasteiger partial charge on any atom is -0.301 e. The van der Waals surface area contributed by atoms with Crippen LogP contribution in [0.2, 0.25) is 0 Å². The van der Waals surface area contributed by atoms with Crippen molar-refractivity contribution in [3.05, 3.63) is 35.4 Å². The van der Waals surface area contributed by atoms with Gasteiger partial charge in [0.2, 0.25) is 11.8 Å². The standard InChI is InChI=1S/C16H22N2O2/c1-4-12(3)18-15(19)9-14(16(18)20)17-10-13-7-5-6-11(2)8-13/h5-8,12,14,17H,4,9-10H2,1-3H3. The fraction of sp³-hybridized carbons (Fsp3) is 0.500. The Kier molecular flexibility index (Phi) is 4.55. The van der Waals surface area contributed by atoms with Crippen LogP contribution in [0.1, 0.15) is 37.8 Å². The van der Waals surface area contributed by atoms with Gasteiger partial charge in [-0.15, -0.1) is 0 Å². The number of benzene rings is 1. The zero-order valence-corrected chi connectivity index (χ0v) is 12.3. The number of likely N-dealkylation sites (tertiary alicyclic amines) is 1. The SMILES string of the molecule is CCC(C)N1C(=O)CC(NCc2cccc(C)c2)C1=O. The first kappa shape index (κ1) is 14.7. The van der Waals surface area contributed by atoms with Crippen molar-refractivity contribution < 1.29 is 9.59 Å². The van der Waals surface area contributed by atoms with Crippen molar-refractivity contribution in [1.82, 2.24) is 10.2 Å². The third-order valence-electron chi connectivity index (χ3n) is 3.85. The Morgan fingerprint density at radius 1 is 1.40 bits per heavy atom. The highest BCUT2D eigenvalue weighted by Crippen LogP contribution is 2.18. The molecule has 4 heteroatoms. The molecule has 0 aliphatic carbocycles. The molecule has 1 saturated heterocycles. The summed E-state index contributed by atoms with van der Waals surface area (Å²) < 4.78 is 0. The van der Waals surface area contributed by atoms with Gasteiger partial charge in [-0.05, 0) is 25.8 Å². The van der Waals surface area contributed by atoms with Crippen molar-refractivity contribution in [1.29, 1.82) is 0 Å². The van der Waals surface area contributed by atoms with Crippen LogP contribution < -0.4 is 5.32 Å². The summed E-state index contributed by atoms with van der Waals surface area (Å²) >= 11 is 0. The van der Waals surface area contributed by atoms with Gasteiger partial charge in [-0.25, -0.2) is 0 Å². The fourth-order valence-electron chi connectivity index (χ4n) is 2.52. The van der Waals surface area contributed by atoms with Crippen LogP contribution in [0.5, 0.6) is 0 Å². The van der Waals surface area contributed by atoms with Crippen LogP contribution in [0.3, 0.4) is 0 Å². The van der Waals surface area contributed by atoms with Gasteiger partial charge in [-0.1, -0.05) is 36.8 Å². The molecule has 1 aliphatic rings. The van der Waals surface area contributed by atoms with Crippen LogP contribution in [0, 0.1) is 6.92 Å². The number of carbonyl (C=O) groups excluding carboxylic acids is 2. The molecule has 108 valence electrons. The van der Waals surface area contributed by atoms with Crippen molar-refractivity contribution in [3.8, 4) is 0 Å². The third-order valence-corrected chi connectivity index (χ3v) is 3.85. The first-order chi connectivity index (χ1) is 9.52. The van der Waals surface area contributed by atoms with Gasteiger partial charge in [0.25, 0.3) is 0 Å². The number of nitrogens with zero attached hydrogens (tertiary/aromatic N) is 1. The zero-order chi connectivity index (χ0) is 14.7. The summed E-state index contributed by atoms with van der Waals surface area (Å²) in [6.07, 6.45) is 1.07. The van der Waals surface area contributed by atoms with E-state index >= 15 is 0 Å². The van der Waals surface area contributed by atoms with E-state index in [-0.39, 0.29) is 30.3 Å². The predicted octanol–water partition coefficient (Wildman–Crippen LogP) is 2.01. The van der Waals surface area contributed by atoms with E-state index in [9.17, 15) is 9.59 Å². The van der Waals surface area contributed by atoms with Gasteiger partial charge >= 0.3 is 0 Å². The zero-order valence-electron chi connectivity index (χ0n) is 12.3. The number of rotatable bonds is 5. The van der Waals surface area contributed by atoms with Gasteiger partial charge in [0, 0.05) is 12.6 Å². The average Bonchev–Trinajstić information content (AvgIpc) is 2.70. The van der Waals surface area contributed by atoms with E-state index < -0.39 is 0 Å². The lowest BCUT2D eigenvalue weighted by atomic mass is 10.1. The number of hydrogen-bond donors (Lipinski definition) is 1. The van der Waals surface area contributed by atoms with Gasteiger partial charge in [0.1, 0.15) is 0 Å². The van der Waals surface area contributed by atoms with Crippen LogP contribution in [0.15, 0.2) is 24.3 Å². The normalized spacial score (nSPS) is 20.6. The lowest BCUT2D eigenvalue weighted by Crippen LogP contribution is -2.42. The van der Waals surface area contributed by atoms with E-state index in [0.717, 1.165) is 12.0 Å². The molecule has 2 amide bonds. The smallest absolute Gasteiger partial charge is 0.247 e. The summed E-state index contributed by atoms with van der Waals surface area (Å²) in [6.45, 7) is 6.55. The highest BCUT2D eigenvalue weighted by atomic mass is 16.2. The van der Waals surface area contributed by atoms with Crippen LogP contribution in [0.4, 0.5) is 0 Å². The molecule has 2 atom stereocenters. The monoisotopic (exact) mass is 274 g/mol. The lowest BCUT2D eigenvalue weighted by molar-refractivity contribution is -0.141. The van der Waals surface area contributed by atoms with Crippen molar-refractivity contribution in [3.63, 3.8) is 0 Å². The summed E-state index contributed by atoms with van der Waals surface area (Å²) in [5, 5.41) is 3.20. The molecule has 2 unspecified atom stereocenters. The maximum Gasteiger partial charge on any atom is 0.247 e. The fourth-order valence-corrected chi connectivity index (χ4v) is 2.52.